The van der Waals surface area contributed by atoms with Crippen LogP contribution in [0.15, 0.2) is 34.3 Å². The topological polar surface area (TPSA) is 75.7 Å². The molecule has 0 bridgehead atoms. The summed E-state index contributed by atoms with van der Waals surface area (Å²) in [6, 6.07) is 6.33. The van der Waals surface area contributed by atoms with Crippen LogP contribution in [0.25, 0.3) is 15.8 Å². The highest BCUT2D eigenvalue weighted by Crippen LogP contribution is 2.31. The Morgan fingerprint density at radius 1 is 1.45 bits per heavy atom. The molecular formula is C14H15N5S. The van der Waals surface area contributed by atoms with Gasteiger partial charge >= 0.3 is 0 Å². The monoisotopic (exact) mass is 285 g/mol. The minimum absolute atomic E-state index is 0.144. The minimum atomic E-state index is 0.144. The fourth-order valence-electron chi connectivity index (χ4n) is 2.18. The molecule has 0 saturated heterocycles. The average Bonchev–Trinajstić information content (AvgIpc) is 2.89. The van der Waals surface area contributed by atoms with Crippen LogP contribution in [0.4, 0.5) is 5.13 Å². The van der Waals surface area contributed by atoms with E-state index in [4.69, 9.17) is 5.73 Å². The molecule has 1 aliphatic heterocycles. The number of fused-ring (bicyclic) bond motifs is 1. The van der Waals surface area contributed by atoms with Gasteiger partial charge in [-0.3, -0.25) is 0 Å². The molecule has 2 heterocycles. The number of benzene rings is 1. The third-order valence-corrected chi connectivity index (χ3v) is 4.11. The van der Waals surface area contributed by atoms with Gasteiger partial charge in [-0.15, -0.1) is 0 Å². The van der Waals surface area contributed by atoms with Crippen molar-refractivity contribution >= 4 is 44.9 Å². The predicted molar refractivity (Wildman–Crippen MR) is 85.9 cm³/mol. The molecule has 2 aromatic rings. The lowest BCUT2D eigenvalue weighted by molar-refractivity contribution is 0.738. The van der Waals surface area contributed by atoms with Gasteiger partial charge in [0.2, 0.25) is 11.1 Å². The van der Waals surface area contributed by atoms with Gasteiger partial charge < -0.3 is 11.1 Å². The first-order valence-corrected chi connectivity index (χ1v) is 7.19. The molecule has 20 heavy (non-hydrogen) atoms. The number of hydrogen-bond donors (Lipinski definition) is 2. The molecule has 0 fully saturated rings. The lowest BCUT2D eigenvalue weighted by atomic mass is 10.0. The van der Waals surface area contributed by atoms with Gasteiger partial charge in [-0.05, 0) is 43.0 Å². The second-order valence-electron chi connectivity index (χ2n) is 4.49. The summed E-state index contributed by atoms with van der Waals surface area (Å²) < 4.78 is 1.10. The Morgan fingerprint density at radius 3 is 3.10 bits per heavy atom. The summed E-state index contributed by atoms with van der Waals surface area (Å²) in [7, 11) is 0. The first kappa shape index (κ1) is 13.0. The van der Waals surface area contributed by atoms with Gasteiger partial charge in [0.1, 0.15) is 0 Å². The SMILES string of the molecule is C=NC(N)=Nc1nc2cc(C3=CCNCC3)ccc2s1. The minimum Gasteiger partial charge on any atom is -0.368 e. The standard InChI is InChI=1S/C14H15N5S/c1-16-13(15)19-14-18-11-8-10(2-3-12(11)20-14)9-4-6-17-7-5-9/h2-4,8,17H,1,5-7H2,(H2,15,18,19). The second-order valence-corrected chi connectivity index (χ2v) is 5.50. The number of aliphatic imine (C=N–C) groups is 2. The van der Waals surface area contributed by atoms with Crippen LogP contribution < -0.4 is 11.1 Å². The number of nitrogens with two attached hydrogens (primary N) is 1. The summed E-state index contributed by atoms with van der Waals surface area (Å²) in [4.78, 5) is 12.2. The normalized spacial score (nSPS) is 16.2. The Hall–Kier alpha value is -2.05. The van der Waals surface area contributed by atoms with E-state index < -0.39 is 0 Å². The first-order chi connectivity index (χ1) is 9.76. The zero-order valence-electron chi connectivity index (χ0n) is 11.0. The van der Waals surface area contributed by atoms with E-state index in [0.717, 1.165) is 29.7 Å². The number of guanidine groups is 1. The van der Waals surface area contributed by atoms with Gasteiger partial charge in [0.25, 0.3) is 0 Å². The molecule has 1 aromatic heterocycles. The van der Waals surface area contributed by atoms with Gasteiger partial charge in [-0.25, -0.2) is 9.98 Å². The van der Waals surface area contributed by atoms with Crippen molar-refractivity contribution in [2.75, 3.05) is 13.1 Å². The Kier molecular flexibility index (Phi) is 3.58. The molecule has 0 aliphatic carbocycles. The van der Waals surface area contributed by atoms with Crippen LogP contribution >= 0.6 is 11.3 Å². The van der Waals surface area contributed by atoms with Crippen LogP contribution in [0, 0.1) is 0 Å². The number of nitrogens with one attached hydrogen (secondary N) is 1. The van der Waals surface area contributed by atoms with Gasteiger partial charge in [0.05, 0.1) is 10.2 Å². The van der Waals surface area contributed by atoms with Crippen molar-refractivity contribution in [2.24, 2.45) is 15.7 Å². The summed E-state index contributed by atoms with van der Waals surface area (Å²) in [5, 5.41) is 3.93. The predicted octanol–water partition coefficient (Wildman–Crippen LogP) is 2.32. The molecule has 0 spiro atoms. The number of hydrogen-bond acceptors (Lipinski definition) is 4. The van der Waals surface area contributed by atoms with Crippen molar-refractivity contribution in [3.8, 4) is 0 Å². The summed E-state index contributed by atoms with van der Waals surface area (Å²) >= 11 is 1.50. The highest BCUT2D eigenvalue weighted by atomic mass is 32.1. The number of thiazole rings is 1. The Morgan fingerprint density at radius 2 is 2.35 bits per heavy atom. The van der Waals surface area contributed by atoms with Gasteiger partial charge in [0, 0.05) is 6.54 Å². The van der Waals surface area contributed by atoms with Crippen molar-refractivity contribution in [3.63, 3.8) is 0 Å². The maximum atomic E-state index is 5.55. The van der Waals surface area contributed by atoms with E-state index in [9.17, 15) is 0 Å². The van der Waals surface area contributed by atoms with Crippen molar-refractivity contribution in [1.29, 1.82) is 0 Å². The molecule has 0 saturated carbocycles. The number of nitrogens with zero attached hydrogens (tertiary/aromatic N) is 3. The Balaban J connectivity index is 1.99. The van der Waals surface area contributed by atoms with E-state index in [2.05, 4.69) is 51.3 Å². The number of aromatic nitrogens is 1. The molecule has 3 rings (SSSR count). The van der Waals surface area contributed by atoms with E-state index in [1.54, 1.807) is 0 Å². The smallest absolute Gasteiger partial charge is 0.222 e. The van der Waals surface area contributed by atoms with E-state index in [1.165, 1.54) is 22.5 Å². The largest absolute Gasteiger partial charge is 0.368 e. The molecule has 0 unspecified atom stereocenters. The molecule has 6 heteroatoms. The summed E-state index contributed by atoms with van der Waals surface area (Å²) in [6.45, 7) is 5.30. The lowest BCUT2D eigenvalue weighted by Gasteiger charge is -2.13. The Labute approximate surface area is 121 Å². The molecule has 102 valence electrons. The lowest BCUT2D eigenvalue weighted by Crippen LogP contribution is -2.19. The molecule has 5 nitrogen and oxygen atoms in total. The third kappa shape index (κ3) is 2.61. The van der Waals surface area contributed by atoms with Crippen LogP contribution in [-0.4, -0.2) is 30.8 Å². The van der Waals surface area contributed by atoms with Crippen molar-refractivity contribution in [1.82, 2.24) is 10.3 Å². The maximum absolute atomic E-state index is 5.55. The van der Waals surface area contributed by atoms with Crippen molar-refractivity contribution in [2.45, 2.75) is 6.42 Å². The van der Waals surface area contributed by atoms with E-state index in [-0.39, 0.29) is 5.96 Å². The zero-order chi connectivity index (χ0) is 13.9. The Bertz CT molecular complexity index is 713. The quantitative estimate of drug-likeness (QED) is 0.657. The number of rotatable bonds is 2. The average molecular weight is 285 g/mol. The summed E-state index contributed by atoms with van der Waals surface area (Å²) in [5.41, 5.74) is 9.09. The molecule has 0 radical (unpaired) electrons. The second kappa shape index (κ2) is 5.52. The van der Waals surface area contributed by atoms with Crippen LogP contribution in [0.5, 0.6) is 0 Å². The fourth-order valence-corrected chi connectivity index (χ4v) is 3.01. The van der Waals surface area contributed by atoms with E-state index >= 15 is 0 Å². The maximum Gasteiger partial charge on any atom is 0.222 e. The molecule has 1 aliphatic rings. The van der Waals surface area contributed by atoms with Crippen LogP contribution in [0.3, 0.4) is 0 Å². The molecule has 0 atom stereocenters. The fraction of sp³-hybridized carbons (Fsp3) is 0.214. The first-order valence-electron chi connectivity index (χ1n) is 6.38. The van der Waals surface area contributed by atoms with E-state index in [0.29, 0.717) is 5.13 Å². The van der Waals surface area contributed by atoms with Crippen LogP contribution in [0.2, 0.25) is 0 Å². The van der Waals surface area contributed by atoms with Crippen molar-refractivity contribution in [3.05, 3.63) is 29.8 Å². The van der Waals surface area contributed by atoms with Gasteiger partial charge in [-0.2, -0.15) is 4.99 Å². The highest BCUT2D eigenvalue weighted by Gasteiger charge is 2.09. The summed E-state index contributed by atoms with van der Waals surface area (Å²) in [5.74, 6) is 0.144. The third-order valence-electron chi connectivity index (χ3n) is 3.18. The molecule has 3 N–H and O–H groups in total. The molecule has 1 aromatic carbocycles. The summed E-state index contributed by atoms with van der Waals surface area (Å²) in [6.07, 6.45) is 3.28. The van der Waals surface area contributed by atoms with Crippen LogP contribution in [0.1, 0.15) is 12.0 Å². The highest BCUT2D eigenvalue weighted by molar-refractivity contribution is 7.22. The zero-order valence-corrected chi connectivity index (χ0v) is 11.8. The van der Waals surface area contributed by atoms with E-state index in [1.807, 2.05) is 0 Å². The van der Waals surface area contributed by atoms with Crippen LogP contribution in [-0.2, 0) is 0 Å². The van der Waals surface area contributed by atoms with Gasteiger partial charge in [0.15, 0.2) is 0 Å². The van der Waals surface area contributed by atoms with Crippen molar-refractivity contribution < 1.29 is 0 Å². The molecule has 0 amide bonds. The van der Waals surface area contributed by atoms with Gasteiger partial charge in [-0.1, -0.05) is 23.5 Å². The molecular weight excluding hydrogens is 270 g/mol.